The topological polar surface area (TPSA) is 62.2 Å². The molecule has 0 amide bonds. The van der Waals surface area contributed by atoms with Gasteiger partial charge in [-0.05, 0) is 42.1 Å². The number of carboxylic acid groups (broad SMARTS) is 1. The van der Waals surface area contributed by atoms with Gasteiger partial charge in [-0.25, -0.2) is 9.78 Å². The third kappa shape index (κ3) is 2.76. The summed E-state index contributed by atoms with van der Waals surface area (Å²) in [6, 6.07) is 17.1. The lowest BCUT2D eigenvalue weighted by Crippen LogP contribution is -2.08. The normalized spacial score (nSPS) is 12.0. The second kappa shape index (κ2) is 5.85. The van der Waals surface area contributed by atoms with Crippen LogP contribution in [0.2, 0.25) is 0 Å². The van der Waals surface area contributed by atoms with Gasteiger partial charge in [-0.2, -0.15) is 0 Å². The van der Waals surface area contributed by atoms with E-state index >= 15 is 0 Å². The number of rotatable bonds is 4. The van der Waals surface area contributed by atoms with Crippen LogP contribution in [0.4, 0.5) is 5.82 Å². The van der Waals surface area contributed by atoms with Gasteiger partial charge in [0, 0.05) is 17.6 Å². The Labute approximate surface area is 128 Å². The smallest absolute Gasteiger partial charge is 0.335 e. The van der Waals surface area contributed by atoms with Gasteiger partial charge >= 0.3 is 5.97 Å². The number of pyridine rings is 1. The fourth-order valence-corrected chi connectivity index (χ4v) is 2.46. The number of fused-ring (bicyclic) bond motifs is 1. The van der Waals surface area contributed by atoms with Crippen molar-refractivity contribution in [3.8, 4) is 0 Å². The van der Waals surface area contributed by atoms with Crippen LogP contribution in [0.15, 0.2) is 60.8 Å². The number of nitrogens with zero attached hydrogens (tertiary/aromatic N) is 1. The SMILES string of the molecule is CC(Nc1nccc2cc(C(=O)O)ccc12)c1ccccc1. The summed E-state index contributed by atoms with van der Waals surface area (Å²) in [6.07, 6.45) is 1.69. The van der Waals surface area contributed by atoms with Crippen LogP contribution in [0, 0.1) is 0 Å². The Morgan fingerprint density at radius 1 is 1.14 bits per heavy atom. The van der Waals surface area contributed by atoms with Gasteiger partial charge in [-0.1, -0.05) is 30.3 Å². The van der Waals surface area contributed by atoms with Crippen molar-refractivity contribution < 1.29 is 9.90 Å². The van der Waals surface area contributed by atoms with E-state index in [2.05, 4.69) is 29.4 Å². The van der Waals surface area contributed by atoms with Gasteiger partial charge < -0.3 is 10.4 Å². The molecule has 1 aromatic heterocycles. The fraction of sp³-hybridized carbons (Fsp3) is 0.111. The summed E-state index contributed by atoms with van der Waals surface area (Å²) in [7, 11) is 0. The van der Waals surface area contributed by atoms with Gasteiger partial charge in [-0.15, -0.1) is 0 Å². The lowest BCUT2D eigenvalue weighted by molar-refractivity contribution is 0.0697. The standard InChI is InChI=1S/C18H16N2O2/c1-12(13-5-3-2-4-6-13)20-17-16-8-7-15(18(21)22)11-14(16)9-10-19-17/h2-12H,1H3,(H,19,20)(H,21,22). The van der Waals surface area contributed by atoms with Crippen molar-refractivity contribution in [2.45, 2.75) is 13.0 Å². The number of carboxylic acids is 1. The van der Waals surface area contributed by atoms with Crippen molar-refractivity contribution >= 4 is 22.6 Å². The van der Waals surface area contributed by atoms with E-state index in [1.807, 2.05) is 24.3 Å². The number of aromatic carboxylic acids is 1. The van der Waals surface area contributed by atoms with Gasteiger partial charge in [-0.3, -0.25) is 0 Å². The zero-order valence-electron chi connectivity index (χ0n) is 12.2. The number of benzene rings is 2. The Morgan fingerprint density at radius 2 is 1.91 bits per heavy atom. The third-order valence-corrected chi connectivity index (χ3v) is 3.66. The first-order valence-electron chi connectivity index (χ1n) is 7.08. The minimum atomic E-state index is -0.925. The van der Waals surface area contributed by atoms with Crippen LogP contribution in [0.5, 0.6) is 0 Å². The number of carbonyl (C=O) groups is 1. The molecule has 3 aromatic rings. The highest BCUT2D eigenvalue weighted by atomic mass is 16.4. The predicted octanol–water partition coefficient (Wildman–Crippen LogP) is 4.11. The van der Waals surface area contributed by atoms with Crippen LogP contribution in [-0.4, -0.2) is 16.1 Å². The van der Waals surface area contributed by atoms with E-state index in [0.717, 1.165) is 16.6 Å². The predicted molar refractivity (Wildman–Crippen MR) is 87.2 cm³/mol. The first-order valence-corrected chi connectivity index (χ1v) is 7.08. The second-order valence-corrected chi connectivity index (χ2v) is 5.18. The van der Waals surface area contributed by atoms with E-state index in [-0.39, 0.29) is 11.6 Å². The average Bonchev–Trinajstić information content (AvgIpc) is 2.55. The Bertz CT molecular complexity index is 816. The van der Waals surface area contributed by atoms with E-state index in [1.54, 1.807) is 24.4 Å². The van der Waals surface area contributed by atoms with Crippen LogP contribution in [-0.2, 0) is 0 Å². The number of hydrogen-bond acceptors (Lipinski definition) is 3. The summed E-state index contributed by atoms with van der Waals surface area (Å²) in [5, 5.41) is 14.2. The second-order valence-electron chi connectivity index (χ2n) is 5.18. The minimum absolute atomic E-state index is 0.110. The first kappa shape index (κ1) is 14.1. The molecule has 0 aliphatic carbocycles. The highest BCUT2D eigenvalue weighted by Crippen LogP contribution is 2.25. The molecule has 0 saturated heterocycles. The van der Waals surface area contributed by atoms with Gasteiger partial charge in [0.05, 0.1) is 5.56 Å². The van der Waals surface area contributed by atoms with Gasteiger partial charge in [0.1, 0.15) is 5.82 Å². The quantitative estimate of drug-likeness (QED) is 0.759. The molecule has 0 fully saturated rings. The molecule has 0 radical (unpaired) electrons. The molecule has 0 aliphatic rings. The van der Waals surface area contributed by atoms with E-state index in [4.69, 9.17) is 5.11 Å². The molecular formula is C18H16N2O2. The van der Waals surface area contributed by atoms with Gasteiger partial charge in [0.2, 0.25) is 0 Å². The minimum Gasteiger partial charge on any atom is -0.478 e. The number of hydrogen-bond donors (Lipinski definition) is 2. The largest absolute Gasteiger partial charge is 0.478 e. The van der Waals surface area contributed by atoms with Crippen LogP contribution >= 0.6 is 0 Å². The third-order valence-electron chi connectivity index (χ3n) is 3.66. The number of nitrogens with one attached hydrogen (secondary N) is 1. The van der Waals surface area contributed by atoms with Gasteiger partial charge in [0.25, 0.3) is 0 Å². The van der Waals surface area contributed by atoms with Crippen molar-refractivity contribution in [3.63, 3.8) is 0 Å². The summed E-state index contributed by atoms with van der Waals surface area (Å²) < 4.78 is 0. The van der Waals surface area contributed by atoms with Crippen LogP contribution in [0.3, 0.4) is 0 Å². The fourth-order valence-electron chi connectivity index (χ4n) is 2.46. The molecule has 2 N–H and O–H groups in total. The van der Waals surface area contributed by atoms with Crippen molar-refractivity contribution in [1.82, 2.24) is 4.98 Å². The molecule has 3 rings (SSSR count). The highest BCUT2D eigenvalue weighted by Gasteiger charge is 2.10. The molecule has 4 heteroatoms. The number of aromatic nitrogens is 1. The molecule has 1 unspecified atom stereocenters. The summed E-state index contributed by atoms with van der Waals surface area (Å²) in [4.78, 5) is 15.4. The molecule has 1 heterocycles. The average molecular weight is 292 g/mol. The summed E-state index contributed by atoms with van der Waals surface area (Å²) in [5.74, 6) is -0.170. The molecule has 0 aliphatic heterocycles. The molecular weight excluding hydrogens is 276 g/mol. The van der Waals surface area contributed by atoms with Gasteiger partial charge in [0.15, 0.2) is 0 Å². The van der Waals surface area contributed by atoms with Crippen molar-refractivity contribution in [1.29, 1.82) is 0 Å². The maximum Gasteiger partial charge on any atom is 0.335 e. The molecule has 4 nitrogen and oxygen atoms in total. The molecule has 0 saturated carbocycles. The lowest BCUT2D eigenvalue weighted by atomic mass is 10.1. The van der Waals surface area contributed by atoms with Crippen molar-refractivity contribution in [2.24, 2.45) is 0 Å². The number of anilines is 1. The summed E-state index contributed by atoms with van der Waals surface area (Å²) in [6.45, 7) is 2.07. The summed E-state index contributed by atoms with van der Waals surface area (Å²) in [5.41, 5.74) is 1.45. The Hall–Kier alpha value is -2.88. The maximum atomic E-state index is 11.1. The zero-order valence-corrected chi connectivity index (χ0v) is 12.2. The Kier molecular flexibility index (Phi) is 3.74. The molecule has 2 aromatic carbocycles. The first-order chi connectivity index (χ1) is 10.6. The van der Waals surface area contributed by atoms with Crippen molar-refractivity contribution in [2.75, 3.05) is 5.32 Å². The zero-order chi connectivity index (χ0) is 15.5. The molecule has 0 spiro atoms. The van der Waals surface area contributed by atoms with Crippen molar-refractivity contribution in [3.05, 3.63) is 71.9 Å². The molecule has 110 valence electrons. The Morgan fingerprint density at radius 3 is 2.64 bits per heavy atom. The maximum absolute atomic E-state index is 11.1. The Balaban J connectivity index is 1.96. The van der Waals surface area contributed by atoms with Crippen LogP contribution < -0.4 is 5.32 Å². The van der Waals surface area contributed by atoms with E-state index in [1.165, 1.54) is 5.56 Å². The van der Waals surface area contributed by atoms with E-state index in [9.17, 15) is 4.79 Å². The monoisotopic (exact) mass is 292 g/mol. The molecule has 22 heavy (non-hydrogen) atoms. The lowest BCUT2D eigenvalue weighted by Gasteiger charge is -2.16. The van der Waals surface area contributed by atoms with E-state index < -0.39 is 5.97 Å². The molecule has 1 atom stereocenters. The van der Waals surface area contributed by atoms with Crippen LogP contribution in [0.25, 0.3) is 10.8 Å². The van der Waals surface area contributed by atoms with E-state index in [0.29, 0.717) is 0 Å². The molecule has 0 bridgehead atoms. The highest BCUT2D eigenvalue weighted by molar-refractivity contribution is 5.98. The van der Waals surface area contributed by atoms with Crippen LogP contribution in [0.1, 0.15) is 28.9 Å². The summed E-state index contributed by atoms with van der Waals surface area (Å²) >= 11 is 0.